The Morgan fingerprint density at radius 1 is 1.35 bits per heavy atom. The average molecular weight is 277 g/mol. The topological polar surface area (TPSA) is 66.8 Å². The molecule has 1 aromatic rings. The minimum atomic E-state index is -0.889. The molecule has 1 aliphatic rings. The fourth-order valence-corrected chi connectivity index (χ4v) is 2.06. The molecule has 1 atom stereocenters. The molecule has 0 aromatic heterocycles. The SMILES string of the molecule is CC(Oc1ccccc1)C(=O)N(CCC(=O)O)C1CC1. The molecule has 0 radical (unpaired) electrons. The second-order valence-electron chi connectivity index (χ2n) is 4.98. The minimum Gasteiger partial charge on any atom is -0.481 e. The molecule has 0 bridgehead atoms. The standard InChI is InChI=1S/C15H19NO4/c1-11(20-13-5-3-2-4-6-13)15(19)16(12-7-8-12)10-9-14(17)18/h2-6,11-12H,7-10H2,1H3,(H,17,18). The molecule has 0 saturated heterocycles. The number of rotatable bonds is 7. The van der Waals surface area contributed by atoms with E-state index in [1.165, 1.54) is 0 Å². The zero-order chi connectivity index (χ0) is 14.5. The maximum atomic E-state index is 12.3. The number of para-hydroxylation sites is 1. The highest BCUT2D eigenvalue weighted by molar-refractivity contribution is 5.82. The van der Waals surface area contributed by atoms with Crippen molar-refractivity contribution in [1.82, 2.24) is 4.90 Å². The Balaban J connectivity index is 1.94. The van der Waals surface area contributed by atoms with Gasteiger partial charge < -0.3 is 14.7 Å². The van der Waals surface area contributed by atoms with Crippen molar-refractivity contribution in [2.45, 2.75) is 38.3 Å². The summed E-state index contributed by atoms with van der Waals surface area (Å²) in [6.45, 7) is 1.95. The third kappa shape index (κ3) is 3.98. The number of carbonyl (C=O) groups excluding carboxylic acids is 1. The molecule has 1 unspecified atom stereocenters. The summed E-state index contributed by atoms with van der Waals surface area (Å²) >= 11 is 0. The summed E-state index contributed by atoms with van der Waals surface area (Å²) in [5.41, 5.74) is 0. The highest BCUT2D eigenvalue weighted by atomic mass is 16.5. The lowest BCUT2D eigenvalue weighted by Gasteiger charge is -2.25. The molecule has 5 heteroatoms. The highest BCUT2D eigenvalue weighted by Crippen LogP contribution is 2.28. The van der Waals surface area contributed by atoms with E-state index in [9.17, 15) is 9.59 Å². The molecule has 1 aromatic carbocycles. The van der Waals surface area contributed by atoms with Gasteiger partial charge in [0.2, 0.25) is 0 Å². The molecule has 0 spiro atoms. The first kappa shape index (κ1) is 14.4. The number of carbonyl (C=O) groups is 2. The van der Waals surface area contributed by atoms with E-state index in [0.717, 1.165) is 12.8 Å². The van der Waals surface area contributed by atoms with Crippen LogP contribution in [0.15, 0.2) is 30.3 Å². The van der Waals surface area contributed by atoms with Gasteiger partial charge in [-0.3, -0.25) is 9.59 Å². The number of hydrogen-bond acceptors (Lipinski definition) is 3. The van der Waals surface area contributed by atoms with Crippen LogP contribution in [0.2, 0.25) is 0 Å². The predicted octanol–water partition coefficient (Wildman–Crippen LogP) is 1.92. The van der Waals surface area contributed by atoms with Crippen molar-refractivity contribution in [3.05, 3.63) is 30.3 Å². The Morgan fingerprint density at radius 3 is 2.55 bits per heavy atom. The number of amides is 1. The van der Waals surface area contributed by atoms with E-state index >= 15 is 0 Å². The van der Waals surface area contributed by atoms with Gasteiger partial charge in [-0.2, -0.15) is 0 Å². The summed E-state index contributed by atoms with van der Waals surface area (Å²) < 4.78 is 5.60. The van der Waals surface area contributed by atoms with Crippen molar-refractivity contribution >= 4 is 11.9 Å². The molecule has 5 nitrogen and oxygen atoms in total. The molecule has 20 heavy (non-hydrogen) atoms. The second-order valence-corrected chi connectivity index (χ2v) is 4.98. The predicted molar refractivity (Wildman–Crippen MR) is 73.5 cm³/mol. The monoisotopic (exact) mass is 277 g/mol. The summed E-state index contributed by atoms with van der Waals surface area (Å²) in [5, 5.41) is 8.75. The molecular formula is C15H19NO4. The summed E-state index contributed by atoms with van der Waals surface area (Å²) in [7, 11) is 0. The van der Waals surface area contributed by atoms with Crippen LogP contribution < -0.4 is 4.74 Å². The van der Waals surface area contributed by atoms with E-state index in [1.807, 2.05) is 18.2 Å². The van der Waals surface area contributed by atoms with Gasteiger partial charge in [0, 0.05) is 12.6 Å². The number of carboxylic acids is 1. The Kier molecular flexibility index (Phi) is 4.61. The first-order chi connectivity index (χ1) is 9.58. The van der Waals surface area contributed by atoms with E-state index in [4.69, 9.17) is 9.84 Å². The maximum Gasteiger partial charge on any atom is 0.305 e. The van der Waals surface area contributed by atoms with Crippen LogP contribution in [0.3, 0.4) is 0 Å². The third-order valence-electron chi connectivity index (χ3n) is 3.24. The van der Waals surface area contributed by atoms with Crippen molar-refractivity contribution < 1.29 is 19.4 Å². The van der Waals surface area contributed by atoms with Gasteiger partial charge in [-0.25, -0.2) is 0 Å². The summed E-state index contributed by atoms with van der Waals surface area (Å²) in [6.07, 6.45) is 1.26. The van der Waals surface area contributed by atoms with Crippen molar-refractivity contribution in [2.24, 2.45) is 0 Å². The fourth-order valence-electron chi connectivity index (χ4n) is 2.06. The van der Waals surface area contributed by atoms with Crippen molar-refractivity contribution in [2.75, 3.05) is 6.54 Å². The van der Waals surface area contributed by atoms with Gasteiger partial charge in [0.1, 0.15) is 5.75 Å². The lowest BCUT2D eigenvalue weighted by atomic mass is 10.2. The number of aliphatic carboxylic acids is 1. The number of nitrogens with zero attached hydrogens (tertiary/aromatic N) is 1. The van der Waals surface area contributed by atoms with E-state index in [2.05, 4.69) is 0 Å². The molecule has 0 aliphatic heterocycles. The van der Waals surface area contributed by atoms with Crippen LogP contribution in [0.1, 0.15) is 26.2 Å². The highest BCUT2D eigenvalue weighted by Gasteiger charge is 2.35. The van der Waals surface area contributed by atoms with E-state index in [1.54, 1.807) is 24.0 Å². The van der Waals surface area contributed by atoms with Crippen LogP contribution in [0.25, 0.3) is 0 Å². The van der Waals surface area contributed by atoms with Crippen LogP contribution in [0.5, 0.6) is 5.75 Å². The normalized spacial score (nSPS) is 15.4. The molecule has 1 fully saturated rings. The number of benzene rings is 1. The fraction of sp³-hybridized carbons (Fsp3) is 0.467. The van der Waals surface area contributed by atoms with Gasteiger partial charge >= 0.3 is 5.97 Å². The molecule has 108 valence electrons. The quantitative estimate of drug-likeness (QED) is 0.827. The van der Waals surface area contributed by atoms with Crippen LogP contribution in [0, 0.1) is 0 Å². The van der Waals surface area contributed by atoms with Crippen molar-refractivity contribution in [1.29, 1.82) is 0 Å². The molecule has 0 heterocycles. The molecule has 1 saturated carbocycles. The van der Waals surface area contributed by atoms with E-state index < -0.39 is 12.1 Å². The van der Waals surface area contributed by atoms with Crippen LogP contribution in [0.4, 0.5) is 0 Å². The lowest BCUT2D eigenvalue weighted by Crippen LogP contribution is -2.42. The van der Waals surface area contributed by atoms with E-state index in [0.29, 0.717) is 5.75 Å². The molecule has 1 N–H and O–H groups in total. The molecule has 1 aliphatic carbocycles. The molecule has 2 rings (SSSR count). The first-order valence-electron chi connectivity index (χ1n) is 6.82. The molecular weight excluding hydrogens is 258 g/mol. The van der Waals surface area contributed by atoms with Gasteiger partial charge in [0.05, 0.1) is 6.42 Å². The van der Waals surface area contributed by atoms with Gasteiger partial charge in [-0.1, -0.05) is 18.2 Å². The lowest BCUT2D eigenvalue weighted by molar-refractivity contribution is -0.141. The molecule has 1 amide bonds. The van der Waals surface area contributed by atoms with Crippen LogP contribution >= 0.6 is 0 Å². The summed E-state index contributed by atoms with van der Waals surface area (Å²) in [4.78, 5) is 24.7. The van der Waals surface area contributed by atoms with Gasteiger partial charge in [-0.05, 0) is 31.9 Å². The van der Waals surface area contributed by atoms with Gasteiger partial charge in [0.25, 0.3) is 5.91 Å². The number of hydrogen-bond donors (Lipinski definition) is 1. The Morgan fingerprint density at radius 2 is 2.00 bits per heavy atom. The minimum absolute atomic E-state index is 0.0275. The van der Waals surface area contributed by atoms with Gasteiger partial charge in [0.15, 0.2) is 6.10 Å². The first-order valence-corrected chi connectivity index (χ1v) is 6.82. The van der Waals surface area contributed by atoms with Crippen molar-refractivity contribution in [3.8, 4) is 5.75 Å². The van der Waals surface area contributed by atoms with Gasteiger partial charge in [-0.15, -0.1) is 0 Å². The zero-order valence-corrected chi connectivity index (χ0v) is 11.5. The number of ether oxygens (including phenoxy) is 1. The summed E-state index contributed by atoms with van der Waals surface area (Å²) in [6, 6.07) is 9.34. The third-order valence-corrected chi connectivity index (χ3v) is 3.24. The smallest absolute Gasteiger partial charge is 0.305 e. The van der Waals surface area contributed by atoms with E-state index in [-0.39, 0.29) is 24.9 Å². The Labute approximate surface area is 118 Å². The maximum absolute atomic E-state index is 12.3. The summed E-state index contributed by atoms with van der Waals surface area (Å²) in [5.74, 6) is -0.389. The zero-order valence-electron chi connectivity index (χ0n) is 11.5. The van der Waals surface area contributed by atoms with Crippen LogP contribution in [-0.4, -0.2) is 40.6 Å². The van der Waals surface area contributed by atoms with Crippen LogP contribution in [-0.2, 0) is 9.59 Å². The Bertz CT molecular complexity index is 470. The Hall–Kier alpha value is -2.04. The second kappa shape index (κ2) is 6.41. The van der Waals surface area contributed by atoms with Crippen molar-refractivity contribution in [3.63, 3.8) is 0 Å². The average Bonchev–Trinajstić information content (AvgIpc) is 3.24. The number of carboxylic acid groups (broad SMARTS) is 1. The largest absolute Gasteiger partial charge is 0.481 e.